The van der Waals surface area contributed by atoms with Crippen LogP contribution in [0.3, 0.4) is 0 Å². The van der Waals surface area contributed by atoms with Gasteiger partial charge in [-0.05, 0) is 38.8 Å². The predicted octanol–water partition coefficient (Wildman–Crippen LogP) is 3.49. The van der Waals surface area contributed by atoms with E-state index in [9.17, 15) is 14.4 Å². The molecule has 7 nitrogen and oxygen atoms in total. The van der Waals surface area contributed by atoms with Gasteiger partial charge in [0.05, 0.1) is 18.4 Å². The summed E-state index contributed by atoms with van der Waals surface area (Å²) >= 11 is 1.29. The van der Waals surface area contributed by atoms with Crippen molar-refractivity contribution >= 4 is 34.2 Å². The Balaban J connectivity index is 2.08. The minimum Gasteiger partial charge on any atom is -0.469 e. The van der Waals surface area contributed by atoms with Crippen LogP contribution in [-0.4, -0.2) is 31.1 Å². The second kappa shape index (κ2) is 8.66. The third-order valence-electron chi connectivity index (χ3n) is 3.71. The van der Waals surface area contributed by atoms with E-state index < -0.39 is 24.5 Å². The lowest BCUT2D eigenvalue weighted by Crippen LogP contribution is -2.22. The van der Waals surface area contributed by atoms with Crippen LogP contribution in [0.25, 0.3) is 0 Å². The lowest BCUT2D eigenvalue weighted by Gasteiger charge is -2.08. The number of hydrogen-bond donors (Lipinski definition) is 1. The maximum Gasteiger partial charge on any atom is 0.342 e. The molecule has 0 saturated carbocycles. The number of thiophene rings is 1. The minimum absolute atomic E-state index is 0.242. The van der Waals surface area contributed by atoms with Gasteiger partial charge in [0.2, 0.25) is 0 Å². The molecular weight excluding hydrogens is 358 g/mol. The molecule has 2 aromatic rings. The van der Waals surface area contributed by atoms with Crippen molar-refractivity contribution in [2.24, 2.45) is 0 Å². The van der Waals surface area contributed by atoms with Crippen molar-refractivity contribution in [3.05, 3.63) is 39.7 Å². The molecule has 0 spiro atoms. The zero-order valence-electron chi connectivity index (χ0n) is 15.1. The van der Waals surface area contributed by atoms with E-state index in [1.165, 1.54) is 23.7 Å². The Labute approximate surface area is 155 Å². The molecule has 140 valence electrons. The maximum atomic E-state index is 12.2. The van der Waals surface area contributed by atoms with Gasteiger partial charge in [-0.25, -0.2) is 9.59 Å². The molecule has 0 fully saturated rings. The van der Waals surface area contributed by atoms with Crippen molar-refractivity contribution in [3.8, 4) is 0 Å². The van der Waals surface area contributed by atoms with E-state index in [1.54, 1.807) is 13.8 Å². The highest BCUT2D eigenvalue weighted by molar-refractivity contribution is 7.16. The Kier molecular flexibility index (Phi) is 6.57. The normalized spacial score (nSPS) is 10.5. The van der Waals surface area contributed by atoms with Crippen LogP contribution in [0.4, 0.5) is 5.00 Å². The molecule has 0 bridgehead atoms. The Morgan fingerprint density at radius 3 is 2.46 bits per heavy atom. The molecule has 1 N–H and O–H groups in total. The highest BCUT2D eigenvalue weighted by Crippen LogP contribution is 2.34. The summed E-state index contributed by atoms with van der Waals surface area (Å²) in [5, 5.41) is 3.04. The van der Waals surface area contributed by atoms with Crippen molar-refractivity contribution < 1.29 is 28.3 Å². The maximum absolute atomic E-state index is 12.2. The van der Waals surface area contributed by atoms with Crippen LogP contribution >= 0.6 is 11.3 Å². The lowest BCUT2D eigenvalue weighted by atomic mass is 10.1. The summed E-state index contributed by atoms with van der Waals surface area (Å²) in [7, 11) is 0. The molecule has 0 aliphatic heterocycles. The molecule has 0 saturated heterocycles. The number of anilines is 1. The smallest absolute Gasteiger partial charge is 0.342 e. The molecule has 26 heavy (non-hydrogen) atoms. The fourth-order valence-electron chi connectivity index (χ4n) is 2.48. The van der Waals surface area contributed by atoms with Crippen LogP contribution in [0.1, 0.15) is 50.8 Å². The van der Waals surface area contributed by atoms with Crippen molar-refractivity contribution in [1.29, 1.82) is 0 Å². The summed E-state index contributed by atoms with van der Waals surface area (Å²) in [5.41, 5.74) is 1.47. The highest BCUT2D eigenvalue weighted by Gasteiger charge is 2.24. The van der Waals surface area contributed by atoms with E-state index in [0.29, 0.717) is 22.7 Å². The molecule has 0 radical (unpaired) electrons. The number of hydrogen-bond acceptors (Lipinski definition) is 7. The molecule has 0 atom stereocenters. The fraction of sp³-hybridized carbons (Fsp3) is 0.389. The monoisotopic (exact) mass is 379 g/mol. The zero-order valence-corrected chi connectivity index (χ0v) is 16.0. The van der Waals surface area contributed by atoms with Gasteiger partial charge < -0.3 is 19.2 Å². The summed E-state index contributed by atoms with van der Waals surface area (Å²) in [5.74, 6) is -1.24. The lowest BCUT2D eigenvalue weighted by molar-refractivity contribution is -0.119. The molecule has 0 aromatic carbocycles. The number of aryl methyl sites for hydroxylation is 2. The SMILES string of the molecule is CCOC(=O)c1c(NC(=O)COC(=O)c2ccoc2C)sc(C)c1CC. The standard InChI is InChI=1S/C18H21NO6S/c1-5-12-11(4)26-16(15(12)18(22)23-6-2)19-14(20)9-25-17(21)13-7-8-24-10(13)3/h7-8H,5-6,9H2,1-4H3,(H,19,20). The van der Waals surface area contributed by atoms with Gasteiger partial charge in [0, 0.05) is 4.88 Å². The summed E-state index contributed by atoms with van der Waals surface area (Å²) in [6.07, 6.45) is 2.01. The number of rotatable bonds is 7. The van der Waals surface area contributed by atoms with E-state index in [-0.39, 0.29) is 12.2 Å². The number of ether oxygens (including phenoxy) is 2. The van der Waals surface area contributed by atoms with Gasteiger partial charge in [-0.15, -0.1) is 11.3 Å². The number of furan rings is 1. The average Bonchev–Trinajstić information content (AvgIpc) is 3.15. The minimum atomic E-state index is -0.645. The molecule has 0 aliphatic carbocycles. The van der Waals surface area contributed by atoms with Crippen molar-refractivity contribution in [3.63, 3.8) is 0 Å². The third kappa shape index (κ3) is 4.32. The van der Waals surface area contributed by atoms with E-state index in [4.69, 9.17) is 13.9 Å². The van der Waals surface area contributed by atoms with E-state index in [0.717, 1.165) is 10.4 Å². The first-order chi connectivity index (χ1) is 12.4. The van der Waals surface area contributed by atoms with Gasteiger partial charge in [-0.2, -0.15) is 0 Å². The number of esters is 2. The van der Waals surface area contributed by atoms with Gasteiger partial charge in [0.25, 0.3) is 5.91 Å². The number of carbonyl (C=O) groups is 3. The average molecular weight is 379 g/mol. The van der Waals surface area contributed by atoms with Crippen molar-refractivity contribution in [2.75, 3.05) is 18.5 Å². The third-order valence-corrected chi connectivity index (χ3v) is 4.77. The summed E-state index contributed by atoms with van der Waals surface area (Å²) < 4.78 is 15.1. The van der Waals surface area contributed by atoms with E-state index >= 15 is 0 Å². The van der Waals surface area contributed by atoms with Gasteiger partial charge in [0.1, 0.15) is 16.3 Å². The quantitative estimate of drug-likeness (QED) is 0.740. The first-order valence-corrected chi connectivity index (χ1v) is 9.01. The molecule has 2 rings (SSSR count). The van der Waals surface area contributed by atoms with Crippen molar-refractivity contribution in [1.82, 2.24) is 0 Å². The van der Waals surface area contributed by atoms with Gasteiger partial charge in [-0.1, -0.05) is 6.92 Å². The summed E-state index contributed by atoms with van der Waals surface area (Å²) in [6, 6.07) is 1.48. The highest BCUT2D eigenvalue weighted by atomic mass is 32.1. The van der Waals surface area contributed by atoms with Crippen LogP contribution < -0.4 is 5.32 Å². The first kappa shape index (κ1) is 19.7. The summed E-state index contributed by atoms with van der Waals surface area (Å²) in [6.45, 7) is 6.93. The van der Waals surface area contributed by atoms with Gasteiger partial charge in [-0.3, -0.25) is 4.79 Å². The predicted molar refractivity (Wildman–Crippen MR) is 96.7 cm³/mol. The summed E-state index contributed by atoms with van der Waals surface area (Å²) in [4.78, 5) is 37.2. The molecular formula is C18H21NO6S. The zero-order chi connectivity index (χ0) is 19.3. The van der Waals surface area contributed by atoms with Crippen LogP contribution in [0, 0.1) is 13.8 Å². The molecule has 1 amide bonds. The Hall–Kier alpha value is -2.61. The molecule has 0 aliphatic rings. The van der Waals surface area contributed by atoms with Crippen LogP contribution in [0.15, 0.2) is 16.7 Å². The second-order valence-corrected chi connectivity index (χ2v) is 6.65. The number of amides is 1. The molecule has 2 aromatic heterocycles. The van der Waals surface area contributed by atoms with Crippen LogP contribution in [-0.2, 0) is 20.7 Å². The van der Waals surface area contributed by atoms with Crippen LogP contribution in [0.2, 0.25) is 0 Å². The van der Waals surface area contributed by atoms with E-state index in [1.807, 2.05) is 13.8 Å². The molecule has 2 heterocycles. The largest absolute Gasteiger partial charge is 0.469 e. The van der Waals surface area contributed by atoms with E-state index in [2.05, 4.69) is 5.32 Å². The Morgan fingerprint density at radius 2 is 1.88 bits per heavy atom. The topological polar surface area (TPSA) is 94.8 Å². The Morgan fingerprint density at radius 1 is 1.15 bits per heavy atom. The second-order valence-electron chi connectivity index (χ2n) is 5.43. The van der Waals surface area contributed by atoms with Gasteiger partial charge >= 0.3 is 11.9 Å². The number of carbonyl (C=O) groups excluding carboxylic acids is 3. The fourth-order valence-corrected chi connectivity index (χ4v) is 3.63. The first-order valence-electron chi connectivity index (χ1n) is 8.19. The number of nitrogens with one attached hydrogen (secondary N) is 1. The molecule has 0 unspecified atom stereocenters. The van der Waals surface area contributed by atoms with Crippen LogP contribution in [0.5, 0.6) is 0 Å². The van der Waals surface area contributed by atoms with Crippen molar-refractivity contribution in [2.45, 2.75) is 34.1 Å². The Bertz CT molecular complexity index is 820. The molecule has 8 heteroatoms. The van der Waals surface area contributed by atoms with Gasteiger partial charge in [0.15, 0.2) is 6.61 Å².